The zero-order valence-electron chi connectivity index (χ0n) is 43.5. The molecule has 0 amide bonds. The van der Waals surface area contributed by atoms with Crippen LogP contribution in [0.4, 0.5) is 28.4 Å². The molecule has 1 aromatic heterocycles. The third-order valence-electron chi connectivity index (χ3n) is 18.6. The van der Waals surface area contributed by atoms with Crippen molar-refractivity contribution in [3.63, 3.8) is 0 Å². The van der Waals surface area contributed by atoms with Crippen molar-refractivity contribution in [2.24, 2.45) is 0 Å². The van der Waals surface area contributed by atoms with E-state index in [4.69, 9.17) is 4.42 Å². The first kappa shape index (κ1) is 44.0. The largest absolute Gasteiger partial charge is 0.456 e. The number of fused-ring (bicyclic) bond motifs is 10. The summed E-state index contributed by atoms with van der Waals surface area (Å²) >= 11 is 0. The molecule has 0 radical (unpaired) electrons. The molecule has 5 aliphatic rings. The number of anilines is 5. The fraction of sp³-hybridized carbons (Fsp3) is 0.438. The summed E-state index contributed by atoms with van der Waals surface area (Å²) in [7, 11) is 0. The van der Waals surface area contributed by atoms with Crippen molar-refractivity contribution >= 4 is 68.1 Å². The smallest absolute Gasteiger partial charge is 0.333 e. The number of unbranched alkanes of at least 4 members (excludes halogenated alkanes) is 1. The van der Waals surface area contributed by atoms with Crippen LogP contribution in [-0.4, -0.2) is 6.85 Å². The minimum Gasteiger partial charge on any atom is -0.456 e. The van der Waals surface area contributed by atoms with Crippen molar-refractivity contribution in [1.29, 1.82) is 0 Å². The van der Waals surface area contributed by atoms with Crippen LogP contribution in [0, 0.1) is 0 Å². The summed E-state index contributed by atoms with van der Waals surface area (Å²) in [6.45, 7) is 32.0. The van der Waals surface area contributed by atoms with Crippen LogP contribution >= 0.6 is 0 Å². The van der Waals surface area contributed by atoms with E-state index in [-0.39, 0.29) is 39.3 Å². The van der Waals surface area contributed by atoms with Gasteiger partial charge in [-0.2, -0.15) is 0 Å². The number of hydrogen-bond acceptors (Lipinski definition) is 3. The average molecular weight is 897 g/mol. The first-order chi connectivity index (χ1) is 32.1. The molecule has 7 aromatic rings. The molecule has 3 aliphatic carbocycles. The van der Waals surface area contributed by atoms with Gasteiger partial charge in [0, 0.05) is 50.8 Å². The van der Waals surface area contributed by atoms with Crippen LogP contribution in [0.5, 0.6) is 0 Å². The van der Waals surface area contributed by atoms with Crippen LogP contribution in [0.1, 0.15) is 180 Å². The number of rotatable bonds is 5. The SMILES string of the molecule is CCCCc1cc2c3c(c1)N(c1ccc4c(c1)C(C)(C)CCC4(C)C)c1cc4c(cc1B3N(c1ccc3c(c1)C(C)(C)CCC3(C)C)c1cc3oc5ccccc5c3cc1-2)C(C)(C)CCC4(C)C. The first-order valence-electron chi connectivity index (χ1n) is 26.3. The molecule has 0 saturated carbocycles. The maximum absolute atomic E-state index is 6.84. The molecular formula is C64H73BN2O. The van der Waals surface area contributed by atoms with Gasteiger partial charge in [-0.3, -0.25) is 0 Å². The topological polar surface area (TPSA) is 19.6 Å². The van der Waals surface area contributed by atoms with Crippen molar-refractivity contribution < 1.29 is 4.42 Å². The standard InChI is InChI=1S/C64H73BN2O/c1-14-15-18-39-31-45-43-35-44-42-19-16-17-20-56(42)68-57(44)38-53(43)67(41-22-24-47-49(34-41)62(8,9)28-26-60(47,4)5)65-52-36-50-51(64(12,13)30-29-63(50,10)11)37-54(52)66(55(32-39)58(45)65)40-21-23-46-48(33-40)61(6,7)27-25-59(46,2)3/h16-17,19-24,31-38H,14-15,18,25-30H2,1-13H3. The molecule has 0 spiro atoms. The monoisotopic (exact) mass is 897 g/mol. The summed E-state index contributed by atoms with van der Waals surface area (Å²) in [4.78, 5) is 5.50. The summed E-state index contributed by atoms with van der Waals surface area (Å²) in [5.74, 6) is 0. The highest BCUT2D eigenvalue weighted by atomic mass is 16.3. The summed E-state index contributed by atoms with van der Waals surface area (Å²) < 4.78 is 6.84. The van der Waals surface area contributed by atoms with Gasteiger partial charge in [-0.15, -0.1) is 0 Å². The van der Waals surface area contributed by atoms with Crippen LogP contribution in [-0.2, 0) is 38.9 Å². The molecular weight excluding hydrogens is 824 g/mol. The van der Waals surface area contributed by atoms with Gasteiger partial charge in [-0.05, 0) is 188 Å². The molecule has 3 heterocycles. The number of benzene rings is 6. The predicted molar refractivity (Wildman–Crippen MR) is 292 cm³/mol. The van der Waals surface area contributed by atoms with Gasteiger partial charge < -0.3 is 14.1 Å². The second-order valence-electron chi connectivity index (χ2n) is 26.0. The summed E-state index contributed by atoms with van der Waals surface area (Å²) in [6, 6.07) is 39.3. The zero-order valence-corrected chi connectivity index (χ0v) is 43.5. The fourth-order valence-corrected chi connectivity index (χ4v) is 13.8. The molecule has 348 valence electrons. The van der Waals surface area contributed by atoms with E-state index in [1.54, 1.807) is 0 Å². The van der Waals surface area contributed by atoms with Gasteiger partial charge in [0.05, 0.1) is 0 Å². The lowest BCUT2D eigenvalue weighted by atomic mass is 9.42. The van der Waals surface area contributed by atoms with E-state index in [1.165, 1.54) is 139 Å². The first-order valence-corrected chi connectivity index (χ1v) is 26.3. The maximum Gasteiger partial charge on any atom is 0.333 e. The zero-order chi connectivity index (χ0) is 47.7. The van der Waals surface area contributed by atoms with E-state index in [0.717, 1.165) is 30.4 Å². The minimum absolute atomic E-state index is 0.0402. The third-order valence-corrected chi connectivity index (χ3v) is 18.6. The predicted octanol–water partition coefficient (Wildman–Crippen LogP) is 16.7. The Labute approximate surface area is 407 Å². The quantitative estimate of drug-likeness (QED) is 0.161. The Morgan fingerprint density at radius 3 is 1.63 bits per heavy atom. The molecule has 0 saturated heterocycles. The van der Waals surface area contributed by atoms with Crippen molar-refractivity contribution in [3.05, 3.63) is 136 Å². The van der Waals surface area contributed by atoms with Crippen LogP contribution < -0.4 is 20.6 Å². The second-order valence-corrected chi connectivity index (χ2v) is 26.0. The molecule has 6 aromatic carbocycles. The van der Waals surface area contributed by atoms with Gasteiger partial charge in [0.15, 0.2) is 0 Å². The lowest BCUT2D eigenvalue weighted by molar-refractivity contribution is 0.332. The van der Waals surface area contributed by atoms with Crippen molar-refractivity contribution in [2.75, 3.05) is 9.71 Å². The molecule has 68 heavy (non-hydrogen) atoms. The highest BCUT2D eigenvalue weighted by molar-refractivity contribution is 6.93. The third kappa shape index (κ3) is 6.36. The van der Waals surface area contributed by atoms with Crippen LogP contribution in [0.3, 0.4) is 0 Å². The van der Waals surface area contributed by atoms with Crippen molar-refractivity contribution in [3.8, 4) is 11.1 Å². The fourth-order valence-electron chi connectivity index (χ4n) is 13.8. The number of furan rings is 1. The molecule has 0 N–H and O–H groups in total. The normalized spacial score (nSPS) is 20.6. The Bertz CT molecular complexity index is 3260. The highest BCUT2D eigenvalue weighted by Crippen LogP contribution is 2.55. The number of aryl methyl sites for hydroxylation is 1. The maximum atomic E-state index is 6.84. The van der Waals surface area contributed by atoms with Crippen LogP contribution in [0.15, 0.2) is 101 Å². The molecule has 0 fully saturated rings. The molecule has 0 bridgehead atoms. The minimum atomic E-state index is -0.0716. The Balaban J connectivity index is 1.23. The molecule has 3 nitrogen and oxygen atoms in total. The summed E-state index contributed by atoms with van der Waals surface area (Å²) in [5, 5.41) is 2.36. The average Bonchev–Trinajstić information content (AvgIpc) is 3.66. The molecule has 0 unspecified atom stereocenters. The van der Waals surface area contributed by atoms with Crippen molar-refractivity contribution in [2.45, 2.75) is 180 Å². The van der Waals surface area contributed by atoms with Crippen molar-refractivity contribution in [1.82, 2.24) is 0 Å². The number of nitrogens with zero attached hydrogens (tertiary/aromatic N) is 2. The Morgan fingerprint density at radius 2 is 1.01 bits per heavy atom. The van der Waals surface area contributed by atoms with Crippen LogP contribution in [0.25, 0.3) is 33.1 Å². The summed E-state index contributed by atoms with van der Waals surface area (Å²) in [5.41, 5.74) is 24.7. The van der Waals surface area contributed by atoms with E-state index >= 15 is 0 Å². The van der Waals surface area contributed by atoms with E-state index in [9.17, 15) is 0 Å². The van der Waals surface area contributed by atoms with Gasteiger partial charge in [0.2, 0.25) is 0 Å². The van der Waals surface area contributed by atoms with E-state index in [2.05, 4.69) is 197 Å². The highest BCUT2D eigenvalue weighted by Gasteiger charge is 2.49. The molecule has 2 aliphatic heterocycles. The van der Waals surface area contributed by atoms with Gasteiger partial charge in [-0.1, -0.05) is 139 Å². The summed E-state index contributed by atoms with van der Waals surface area (Å²) in [6.07, 6.45) is 10.5. The van der Waals surface area contributed by atoms with E-state index in [0.29, 0.717) is 0 Å². The molecule has 4 heteroatoms. The Morgan fingerprint density at radius 1 is 0.471 bits per heavy atom. The van der Waals surface area contributed by atoms with Crippen LogP contribution in [0.2, 0.25) is 0 Å². The number of para-hydroxylation sites is 1. The van der Waals surface area contributed by atoms with Gasteiger partial charge in [-0.25, -0.2) is 0 Å². The van der Waals surface area contributed by atoms with Gasteiger partial charge in [0.1, 0.15) is 11.2 Å². The number of hydrogen-bond donors (Lipinski definition) is 0. The van der Waals surface area contributed by atoms with Gasteiger partial charge in [0.25, 0.3) is 0 Å². The Kier molecular flexibility index (Phi) is 9.34. The molecule has 12 rings (SSSR count). The van der Waals surface area contributed by atoms with Gasteiger partial charge >= 0.3 is 6.85 Å². The lowest BCUT2D eigenvalue weighted by Crippen LogP contribution is -2.62. The van der Waals surface area contributed by atoms with E-state index in [1.807, 2.05) is 0 Å². The lowest BCUT2D eigenvalue weighted by Gasteiger charge is -2.49. The second kappa shape index (κ2) is 14.4. The van der Waals surface area contributed by atoms with E-state index < -0.39 is 0 Å². The Hall–Kier alpha value is -5.22. The molecule has 0 atom stereocenters.